The Morgan fingerprint density at radius 2 is 2.29 bits per heavy atom. The lowest BCUT2D eigenvalue weighted by Gasteiger charge is -2.29. The third-order valence-corrected chi connectivity index (χ3v) is 4.48. The van der Waals surface area contributed by atoms with E-state index >= 15 is 0 Å². The van der Waals surface area contributed by atoms with Crippen molar-refractivity contribution in [3.05, 3.63) is 52.5 Å². The number of imidazole rings is 1. The Morgan fingerprint density at radius 3 is 2.90 bits per heavy atom. The molecular formula is C14H13BrCl2N2O2. The Kier molecular flexibility index (Phi) is 4.57. The van der Waals surface area contributed by atoms with Crippen molar-refractivity contribution in [3.8, 4) is 0 Å². The maximum Gasteiger partial charge on any atom is 0.168 e. The Morgan fingerprint density at radius 1 is 1.43 bits per heavy atom. The molecule has 1 aromatic heterocycles. The van der Waals surface area contributed by atoms with Crippen LogP contribution in [0.15, 0.2) is 36.9 Å². The zero-order chi connectivity index (χ0) is 14.9. The Hall–Kier alpha value is -0.590. The molecule has 2 heterocycles. The summed E-state index contributed by atoms with van der Waals surface area (Å²) < 4.78 is 13.8. The summed E-state index contributed by atoms with van der Waals surface area (Å²) in [7, 11) is 0. The van der Waals surface area contributed by atoms with Gasteiger partial charge in [0.15, 0.2) is 6.29 Å². The lowest BCUT2D eigenvalue weighted by atomic mass is 9.94. The molecule has 7 heteroatoms. The van der Waals surface area contributed by atoms with Gasteiger partial charge in [0.05, 0.1) is 24.8 Å². The Labute approximate surface area is 141 Å². The van der Waals surface area contributed by atoms with Crippen LogP contribution in [0.25, 0.3) is 0 Å². The van der Waals surface area contributed by atoms with E-state index in [-0.39, 0.29) is 6.29 Å². The van der Waals surface area contributed by atoms with Crippen molar-refractivity contribution in [1.29, 1.82) is 0 Å². The van der Waals surface area contributed by atoms with Crippen molar-refractivity contribution in [3.63, 3.8) is 0 Å². The second-order valence-corrected chi connectivity index (χ2v) is 6.36. The monoisotopic (exact) mass is 390 g/mol. The van der Waals surface area contributed by atoms with Gasteiger partial charge >= 0.3 is 0 Å². The highest BCUT2D eigenvalue weighted by molar-refractivity contribution is 9.09. The summed E-state index contributed by atoms with van der Waals surface area (Å²) >= 11 is 15.7. The maximum atomic E-state index is 6.37. The number of nitrogens with zero attached hydrogens (tertiary/aromatic N) is 2. The fraction of sp³-hybridized carbons (Fsp3) is 0.357. The van der Waals surface area contributed by atoms with Crippen LogP contribution in [0.5, 0.6) is 0 Å². The minimum absolute atomic E-state index is 0.305. The third kappa shape index (κ3) is 3.12. The van der Waals surface area contributed by atoms with Crippen molar-refractivity contribution < 1.29 is 9.47 Å². The van der Waals surface area contributed by atoms with Gasteiger partial charge in [-0.15, -0.1) is 0 Å². The largest absolute Gasteiger partial charge is 0.348 e. The molecule has 1 aliphatic rings. The van der Waals surface area contributed by atoms with Gasteiger partial charge in [-0.05, 0) is 12.1 Å². The number of ether oxygens (including phenoxy) is 2. The molecule has 112 valence electrons. The predicted octanol–water partition coefficient (Wildman–Crippen LogP) is 3.85. The van der Waals surface area contributed by atoms with Crippen LogP contribution in [0.1, 0.15) is 5.56 Å². The first-order valence-electron chi connectivity index (χ1n) is 6.40. The first-order valence-corrected chi connectivity index (χ1v) is 8.27. The molecule has 2 unspecified atom stereocenters. The number of hydrogen-bond donors (Lipinski definition) is 0. The third-order valence-electron chi connectivity index (χ3n) is 3.40. The molecule has 1 saturated heterocycles. The summed E-state index contributed by atoms with van der Waals surface area (Å²) in [5, 5.41) is 1.77. The van der Waals surface area contributed by atoms with Gasteiger partial charge < -0.3 is 14.0 Å². The molecule has 0 radical (unpaired) electrons. The van der Waals surface area contributed by atoms with Crippen molar-refractivity contribution in [2.75, 3.05) is 11.9 Å². The standard InChI is InChI=1S/C14H13BrCl2N2O2/c15-6-13-20-8-14(21-13,7-19-4-3-18-9-19)11-2-1-10(16)5-12(11)17/h1-5,9,13H,6-8H2. The normalized spacial score (nSPS) is 25.4. The first kappa shape index (κ1) is 15.3. The maximum absolute atomic E-state index is 6.37. The highest BCUT2D eigenvalue weighted by Crippen LogP contribution is 2.40. The van der Waals surface area contributed by atoms with Gasteiger partial charge in [0.2, 0.25) is 0 Å². The minimum Gasteiger partial charge on any atom is -0.348 e. The summed E-state index contributed by atoms with van der Waals surface area (Å²) in [5.74, 6) is 0. The molecule has 1 fully saturated rings. The summed E-state index contributed by atoms with van der Waals surface area (Å²) in [5.41, 5.74) is 0.214. The number of aromatic nitrogens is 2. The van der Waals surface area contributed by atoms with Crippen LogP contribution < -0.4 is 0 Å². The molecule has 2 aromatic rings. The van der Waals surface area contributed by atoms with E-state index in [1.807, 2.05) is 22.9 Å². The topological polar surface area (TPSA) is 36.3 Å². The molecule has 1 aliphatic heterocycles. The molecule has 0 aliphatic carbocycles. The fourth-order valence-electron chi connectivity index (χ4n) is 2.47. The summed E-state index contributed by atoms with van der Waals surface area (Å²) in [6, 6.07) is 5.42. The van der Waals surface area contributed by atoms with Crippen molar-refractivity contribution in [1.82, 2.24) is 9.55 Å². The van der Waals surface area contributed by atoms with Gasteiger partial charge in [-0.25, -0.2) is 4.98 Å². The van der Waals surface area contributed by atoms with Gasteiger partial charge in [-0.1, -0.05) is 45.2 Å². The lowest BCUT2D eigenvalue weighted by molar-refractivity contribution is -0.0819. The van der Waals surface area contributed by atoms with Crippen LogP contribution >= 0.6 is 39.1 Å². The zero-order valence-electron chi connectivity index (χ0n) is 11.0. The molecule has 0 saturated carbocycles. The van der Waals surface area contributed by atoms with Crippen LogP contribution in [0, 0.1) is 0 Å². The molecule has 4 nitrogen and oxygen atoms in total. The Balaban J connectivity index is 1.99. The molecule has 21 heavy (non-hydrogen) atoms. The SMILES string of the molecule is Clc1ccc(C2(Cn3ccnc3)COC(CBr)O2)c(Cl)c1. The van der Waals surface area contributed by atoms with Crippen LogP contribution in [0.3, 0.4) is 0 Å². The molecule has 0 amide bonds. The molecule has 1 aromatic carbocycles. The summed E-state index contributed by atoms with van der Waals surface area (Å²) in [6.07, 6.45) is 5.06. The number of alkyl halides is 1. The lowest BCUT2D eigenvalue weighted by Crippen LogP contribution is -2.35. The van der Waals surface area contributed by atoms with Crippen LogP contribution in [-0.2, 0) is 21.6 Å². The van der Waals surface area contributed by atoms with Crippen molar-refractivity contribution >= 4 is 39.1 Å². The van der Waals surface area contributed by atoms with E-state index in [2.05, 4.69) is 20.9 Å². The molecule has 0 bridgehead atoms. The van der Waals surface area contributed by atoms with Crippen LogP contribution in [0.2, 0.25) is 10.0 Å². The zero-order valence-corrected chi connectivity index (χ0v) is 14.1. The van der Waals surface area contributed by atoms with E-state index in [0.29, 0.717) is 28.5 Å². The number of benzene rings is 1. The summed E-state index contributed by atoms with van der Waals surface area (Å²) in [4.78, 5) is 4.07. The smallest absolute Gasteiger partial charge is 0.168 e. The molecule has 3 rings (SSSR count). The number of hydrogen-bond acceptors (Lipinski definition) is 3. The average Bonchev–Trinajstić information content (AvgIpc) is 3.09. The number of rotatable bonds is 4. The van der Waals surface area contributed by atoms with Crippen molar-refractivity contribution in [2.24, 2.45) is 0 Å². The van der Waals surface area contributed by atoms with Crippen LogP contribution in [0.4, 0.5) is 0 Å². The van der Waals surface area contributed by atoms with E-state index in [1.165, 1.54) is 0 Å². The van der Waals surface area contributed by atoms with Gasteiger partial charge in [0, 0.05) is 28.0 Å². The van der Waals surface area contributed by atoms with Gasteiger partial charge in [-0.3, -0.25) is 0 Å². The van der Waals surface area contributed by atoms with Crippen molar-refractivity contribution in [2.45, 2.75) is 18.4 Å². The fourth-order valence-corrected chi connectivity index (χ4v) is 3.37. The summed E-state index contributed by atoms with van der Waals surface area (Å²) in [6.45, 7) is 0.987. The minimum atomic E-state index is -0.652. The van der Waals surface area contributed by atoms with E-state index < -0.39 is 5.60 Å². The first-order chi connectivity index (χ1) is 10.1. The van der Waals surface area contributed by atoms with Crippen LogP contribution in [-0.4, -0.2) is 27.8 Å². The molecular weight excluding hydrogens is 379 g/mol. The van der Waals surface area contributed by atoms with E-state index in [4.69, 9.17) is 32.7 Å². The molecule has 0 N–H and O–H groups in total. The Bertz CT molecular complexity index is 623. The van der Waals surface area contributed by atoms with Gasteiger partial charge in [0.1, 0.15) is 5.60 Å². The average molecular weight is 392 g/mol. The molecule has 0 spiro atoms. The van der Waals surface area contributed by atoms with E-state index in [0.717, 1.165) is 5.56 Å². The van der Waals surface area contributed by atoms with Gasteiger partial charge in [0.25, 0.3) is 0 Å². The molecule has 2 atom stereocenters. The second kappa shape index (κ2) is 6.26. The highest BCUT2D eigenvalue weighted by Gasteiger charge is 2.44. The second-order valence-electron chi connectivity index (χ2n) is 4.87. The quantitative estimate of drug-likeness (QED) is 0.742. The highest BCUT2D eigenvalue weighted by atomic mass is 79.9. The van der Waals surface area contributed by atoms with E-state index in [9.17, 15) is 0 Å². The predicted molar refractivity (Wildman–Crippen MR) is 85.0 cm³/mol. The van der Waals surface area contributed by atoms with Gasteiger partial charge in [-0.2, -0.15) is 0 Å². The van der Waals surface area contributed by atoms with E-state index in [1.54, 1.807) is 18.6 Å². The number of halogens is 3.